The lowest BCUT2D eigenvalue weighted by Gasteiger charge is -2.15. The van der Waals surface area contributed by atoms with E-state index in [1.54, 1.807) is 0 Å². The molecule has 1 fully saturated rings. The summed E-state index contributed by atoms with van der Waals surface area (Å²) in [6.07, 6.45) is 2.27. The molecule has 0 aromatic heterocycles. The van der Waals surface area contributed by atoms with Gasteiger partial charge >= 0.3 is 0 Å². The Morgan fingerprint density at radius 2 is 1.86 bits per heavy atom. The van der Waals surface area contributed by atoms with Crippen LogP contribution in [0.25, 0.3) is 0 Å². The molecule has 0 heterocycles. The number of ether oxygens (including phenoxy) is 1. The first-order chi connectivity index (χ1) is 9.90. The van der Waals surface area contributed by atoms with Gasteiger partial charge in [-0.1, -0.05) is 31.2 Å². The lowest BCUT2D eigenvalue weighted by molar-refractivity contribution is 0.101. The number of hydrogen-bond acceptors (Lipinski definition) is 4. The lowest BCUT2D eigenvalue weighted by atomic mass is 9.99. The first-order valence-corrected chi connectivity index (χ1v) is 9.41. The van der Waals surface area contributed by atoms with E-state index in [9.17, 15) is 8.42 Å². The smallest absolute Gasteiger partial charge is 0.151 e. The fourth-order valence-electron chi connectivity index (χ4n) is 3.36. The van der Waals surface area contributed by atoms with Crippen molar-refractivity contribution in [3.8, 4) is 0 Å². The molecule has 0 radical (unpaired) electrons. The van der Waals surface area contributed by atoms with Gasteiger partial charge in [-0.05, 0) is 24.5 Å². The molecule has 1 aromatic carbocycles. The van der Waals surface area contributed by atoms with Crippen LogP contribution in [-0.4, -0.2) is 39.7 Å². The van der Waals surface area contributed by atoms with Gasteiger partial charge in [0, 0.05) is 30.7 Å². The van der Waals surface area contributed by atoms with Gasteiger partial charge in [0.1, 0.15) is 0 Å². The Hall–Kier alpha value is -0.910. The van der Waals surface area contributed by atoms with Crippen LogP contribution >= 0.6 is 0 Å². The monoisotopic (exact) mass is 311 g/mol. The quantitative estimate of drug-likeness (QED) is 0.833. The van der Waals surface area contributed by atoms with Crippen LogP contribution in [0.1, 0.15) is 30.9 Å². The molecule has 0 bridgehead atoms. The van der Waals surface area contributed by atoms with Crippen molar-refractivity contribution in [1.82, 2.24) is 0 Å². The summed E-state index contributed by atoms with van der Waals surface area (Å²) in [7, 11) is -3.15. The van der Waals surface area contributed by atoms with Crippen molar-refractivity contribution in [2.45, 2.75) is 31.4 Å². The maximum Gasteiger partial charge on any atom is 0.151 e. The minimum Gasteiger partial charge on any atom is -0.381 e. The number of hydrogen-bond donors (Lipinski definition) is 1. The molecule has 1 aromatic rings. The molecule has 1 saturated carbocycles. The third-order valence-electron chi connectivity index (χ3n) is 4.54. The van der Waals surface area contributed by atoms with Crippen LogP contribution in [0.3, 0.4) is 0 Å². The minimum absolute atomic E-state index is 0.0602. The lowest BCUT2D eigenvalue weighted by Crippen LogP contribution is -2.28. The second-order valence-corrected chi connectivity index (χ2v) is 8.06. The molecule has 1 aliphatic carbocycles. The van der Waals surface area contributed by atoms with Crippen molar-refractivity contribution in [3.63, 3.8) is 0 Å². The van der Waals surface area contributed by atoms with E-state index in [-0.39, 0.29) is 5.92 Å². The highest BCUT2D eigenvalue weighted by molar-refractivity contribution is 7.91. The summed E-state index contributed by atoms with van der Waals surface area (Å²) >= 11 is 0. The van der Waals surface area contributed by atoms with E-state index in [1.165, 1.54) is 11.8 Å². The standard InChI is InChI=1S/C16H25NO3S/c1-4-12-6-8-13(9-7-12)14-15(21(3,18)19)16(14,10-17)11-20-5-2/h6-9,14-15H,4-5,10-11,17H2,1-3H3/t14-,15+,16-/m1/s1. The second kappa shape index (κ2) is 6.07. The summed E-state index contributed by atoms with van der Waals surface area (Å²) in [5, 5.41) is -0.436. The topological polar surface area (TPSA) is 69.4 Å². The molecular weight excluding hydrogens is 286 g/mol. The van der Waals surface area contributed by atoms with E-state index in [4.69, 9.17) is 10.5 Å². The van der Waals surface area contributed by atoms with Crippen LogP contribution in [0.2, 0.25) is 0 Å². The van der Waals surface area contributed by atoms with Crippen LogP contribution in [0.15, 0.2) is 24.3 Å². The molecule has 5 heteroatoms. The van der Waals surface area contributed by atoms with E-state index in [1.807, 2.05) is 19.1 Å². The normalized spacial score (nSPS) is 28.6. The van der Waals surface area contributed by atoms with Gasteiger partial charge in [0.05, 0.1) is 11.9 Å². The molecule has 118 valence electrons. The number of sulfone groups is 1. The van der Waals surface area contributed by atoms with E-state index >= 15 is 0 Å². The Morgan fingerprint density at radius 3 is 2.29 bits per heavy atom. The third-order valence-corrected chi connectivity index (χ3v) is 6.21. The Morgan fingerprint density at radius 1 is 1.24 bits per heavy atom. The van der Waals surface area contributed by atoms with Gasteiger partial charge in [-0.2, -0.15) is 0 Å². The number of benzene rings is 1. The fraction of sp³-hybridized carbons (Fsp3) is 0.625. The summed E-state index contributed by atoms with van der Waals surface area (Å²) in [4.78, 5) is 0. The number of aryl methyl sites for hydroxylation is 1. The van der Waals surface area contributed by atoms with Crippen LogP contribution in [-0.2, 0) is 21.0 Å². The van der Waals surface area contributed by atoms with Gasteiger partial charge in [-0.3, -0.25) is 0 Å². The maximum atomic E-state index is 12.1. The second-order valence-electron chi connectivity index (χ2n) is 5.90. The molecule has 4 nitrogen and oxygen atoms in total. The molecule has 0 unspecified atom stereocenters. The van der Waals surface area contributed by atoms with E-state index in [0.29, 0.717) is 19.8 Å². The van der Waals surface area contributed by atoms with Crippen LogP contribution < -0.4 is 5.73 Å². The molecule has 2 rings (SSSR count). The Balaban J connectivity index is 2.34. The van der Waals surface area contributed by atoms with Crippen molar-refractivity contribution in [1.29, 1.82) is 0 Å². The zero-order valence-electron chi connectivity index (χ0n) is 13.0. The van der Waals surface area contributed by atoms with Crippen molar-refractivity contribution < 1.29 is 13.2 Å². The Labute approximate surface area is 127 Å². The predicted molar refractivity (Wildman–Crippen MR) is 85.2 cm³/mol. The van der Waals surface area contributed by atoms with Crippen molar-refractivity contribution in [3.05, 3.63) is 35.4 Å². The predicted octanol–water partition coefficient (Wildman–Crippen LogP) is 1.74. The van der Waals surface area contributed by atoms with Gasteiger partial charge < -0.3 is 10.5 Å². The van der Waals surface area contributed by atoms with Crippen LogP contribution in [0, 0.1) is 5.41 Å². The fourth-order valence-corrected chi connectivity index (χ4v) is 5.37. The molecule has 2 N–H and O–H groups in total. The summed E-state index contributed by atoms with van der Waals surface area (Å²) in [6, 6.07) is 8.19. The Bertz CT molecular complexity index is 582. The van der Waals surface area contributed by atoms with Gasteiger partial charge in [-0.25, -0.2) is 8.42 Å². The van der Waals surface area contributed by atoms with Crippen LogP contribution in [0.5, 0.6) is 0 Å². The number of nitrogens with two attached hydrogens (primary N) is 1. The first kappa shape index (κ1) is 16.5. The van der Waals surface area contributed by atoms with E-state index in [2.05, 4.69) is 19.1 Å². The highest BCUT2D eigenvalue weighted by atomic mass is 32.2. The van der Waals surface area contributed by atoms with Gasteiger partial charge in [-0.15, -0.1) is 0 Å². The third kappa shape index (κ3) is 3.00. The van der Waals surface area contributed by atoms with Crippen molar-refractivity contribution in [2.24, 2.45) is 11.1 Å². The average Bonchev–Trinajstić information content (AvgIpc) is 3.15. The molecule has 0 spiro atoms. The average molecular weight is 311 g/mol. The van der Waals surface area contributed by atoms with E-state index < -0.39 is 20.5 Å². The largest absolute Gasteiger partial charge is 0.381 e. The summed E-state index contributed by atoms with van der Waals surface area (Å²) in [6.45, 7) is 5.31. The van der Waals surface area contributed by atoms with Crippen molar-refractivity contribution >= 4 is 9.84 Å². The highest BCUT2D eigenvalue weighted by Gasteiger charge is 2.69. The minimum atomic E-state index is -3.15. The highest BCUT2D eigenvalue weighted by Crippen LogP contribution is 2.62. The first-order valence-electron chi connectivity index (χ1n) is 7.46. The molecule has 1 aliphatic rings. The summed E-state index contributed by atoms with van der Waals surface area (Å²) in [5.41, 5.74) is 7.76. The van der Waals surface area contributed by atoms with Crippen LogP contribution in [0.4, 0.5) is 0 Å². The summed E-state index contributed by atoms with van der Waals surface area (Å²) < 4.78 is 29.8. The molecule has 3 atom stereocenters. The van der Waals surface area contributed by atoms with Gasteiger partial charge in [0.25, 0.3) is 0 Å². The zero-order chi connectivity index (χ0) is 15.7. The van der Waals surface area contributed by atoms with E-state index in [0.717, 1.165) is 12.0 Å². The molecule has 0 aliphatic heterocycles. The maximum absolute atomic E-state index is 12.1. The molecule has 0 amide bonds. The van der Waals surface area contributed by atoms with Gasteiger partial charge in [0.2, 0.25) is 0 Å². The van der Waals surface area contributed by atoms with Gasteiger partial charge in [0.15, 0.2) is 9.84 Å². The van der Waals surface area contributed by atoms with Crippen molar-refractivity contribution in [2.75, 3.05) is 26.0 Å². The SMILES string of the molecule is CCOC[C@]1(CN)[C@H](c2ccc(CC)cc2)[C@@H]1S(C)(=O)=O. The molecule has 0 saturated heterocycles. The Kier molecular flexibility index (Phi) is 4.76. The number of rotatable bonds is 7. The summed E-state index contributed by atoms with van der Waals surface area (Å²) in [5.74, 6) is -0.0602. The molecular formula is C16H25NO3S. The zero-order valence-corrected chi connectivity index (χ0v) is 13.8. The molecule has 21 heavy (non-hydrogen) atoms.